The molecule has 5 nitrogen and oxygen atoms in total. The van der Waals surface area contributed by atoms with Crippen LogP contribution in [0.3, 0.4) is 0 Å². The van der Waals surface area contributed by atoms with Crippen LogP contribution in [0.15, 0.2) is 18.2 Å². The Labute approximate surface area is 111 Å². The third-order valence-corrected chi connectivity index (χ3v) is 2.97. The minimum absolute atomic E-state index is 0.283. The topological polar surface area (TPSA) is 66.0 Å². The van der Waals surface area contributed by atoms with E-state index in [1.807, 2.05) is 11.5 Å². The third kappa shape index (κ3) is 2.80. The molecule has 0 atom stereocenters. The first-order chi connectivity index (χ1) is 9.17. The summed E-state index contributed by atoms with van der Waals surface area (Å²) in [4.78, 5) is 0. The van der Waals surface area contributed by atoms with E-state index < -0.39 is 0 Å². The quantitative estimate of drug-likeness (QED) is 0.888. The lowest BCUT2D eigenvalue weighted by atomic mass is 10.1. The molecule has 0 fully saturated rings. The molecule has 0 aliphatic rings. The molecule has 0 spiro atoms. The van der Waals surface area contributed by atoms with E-state index in [9.17, 15) is 4.39 Å². The SMILES string of the molecule is COCCn1c(CN)nnc1-c1cc(F)ccc1C. The molecule has 2 rings (SSSR count). The van der Waals surface area contributed by atoms with Crippen molar-refractivity contribution in [3.63, 3.8) is 0 Å². The molecule has 1 aromatic heterocycles. The standard InChI is InChI=1S/C13H17FN4O/c1-9-3-4-10(14)7-11(9)13-17-16-12(8-15)18(13)5-6-19-2/h3-4,7H,5-6,8,15H2,1-2H3. The van der Waals surface area contributed by atoms with E-state index in [1.165, 1.54) is 12.1 Å². The van der Waals surface area contributed by atoms with Crippen LogP contribution in [0.5, 0.6) is 0 Å². The van der Waals surface area contributed by atoms with Crippen LogP contribution >= 0.6 is 0 Å². The fourth-order valence-electron chi connectivity index (χ4n) is 1.94. The number of nitrogens with two attached hydrogens (primary N) is 1. The molecule has 1 aromatic carbocycles. The van der Waals surface area contributed by atoms with E-state index in [-0.39, 0.29) is 12.4 Å². The summed E-state index contributed by atoms with van der Waals surface area (Å²) in [5.74, 6) is 0.987. The van der Waals surface area contributed by atoms with E-state index in [0.717, 1.165) is 11.1 Å². The van der Waals surface area contributed by atoms with Crippen molar-refractivity contribution >= 4 is 0 Å². The van der Waals surface area contributed by atoms with Crippen molar-refractivity contribution in [2.24, 2.45) is 5.73 Å². The Hall–Kier alpha value is -1.79. The molecule has 6 heteroatoms. The minimum Gasteiger partial charge on any atom is -0.383 e. The zero-order valence-corrected chi connectivity index (χ0v) is 11.1. The minimum atomic E-state index is -0.295. The fourth-order valence-corrected chi connectivity index (χ4v) is 1.94. The molecule has 0 aliphatic heterocycles. The van der Waals surface area contributed by atoms with E-state index in [2.05, 4.69) is 10.2 Å². The molecule has 1 heterocycles. The van der Waals surface area contributed by atoms with Crippen LogP contribution in [-0.4, -0.2) is 28.5 Å². The zero-order valence-electron chi connectivity index (χ0n) is 11.1. The van der Waals surface area contributed by atoms with Gasteiger partial charge in [-0.2, -0.15) is 0 Å². The second-order valence-electron chi connectivity index (χ2n) is 4.25. The summed E-state index contributed by atoms with van der Waals surface area (Å²) in [6, 6.07) is 4.61. The Balaban J connectivity index is 2.49. The summed E-state index contributed by atoms with van der Waals surface area (Å²) >= 11 is 0. The Morgan fingerprint density at radius 2 is 2.16 bits per heavy atom. The molecule has 102 valence electrons. The molecule has 2 aromatic rings. The van der Waals surface area contributed by atoms with Gasteiger partial charge in [0.05, 0.1) is 13.2 Å². The first-order valence-corrected chi connectivity index (χ1v) is 6.05. The summed E-state index contributed by atoms with van der Waals surface area (Å²) in [6.45, 7) is 3.30. The summed E-state index contributed by atoms with van der Waals surface area (Å²) in [5, 5.41) is 8.17. The second-order valence-corrected chi connectivity index (χ2v) is 4.25. The van der Waals surface area contributed by atoms with Gasteiger partial charge in [0, 0.05) is 19.2 Å². The summed E-state index contributed by atoms with van der Waals surface area (Å²) in [5.41, 5.74) is 7.31. The molecule has 0 radical (unpaired) electrons. The van der Waals surface area contributed by atoms with E-state index in [1.54, 1.807) is 13.2 Å². The highest BCUT2D eigenvalue weighted by molar-refractivity contribution is 5.60. The molecule has 0 saturated carbocycles. The van der Waals surface area contributed by atoms with Crippen LogP contribution in [-0.2, 0) is 17.8 Å². The summed E-state index contributed by atoms with van der Waals surface area (Å²) < 4.78 is 20.3. The van der Waals surface area contributed by atoms with Gasteiger partial charge >= 0.3 is 0 Å². The zero-order chi connectivity index (χ0) is 13.8. The van der Waals surface area contributed by atoms with Crippen LogP contribution in [0, 0.1) is 12.7 Å². The van der Waals surface area contributed by atoms with Crippen LogP contribution in [0.4, 0.5) is 4.39 Å². The maximum Gasteiger partial charge on any atom is 0.164 e. The predicted octanol–water partition coefficient (Wildman–Crippen LogP) is 1.50. The number of halogens is 1. The molecule has 0 bridgehead atoms. The maximum atomic E-state index is 13.4. The Morgan fingerprint density at radius 3 is 2.84 bits per heavy atom. The van der Waals surface area contributed by atoms with Crippen molar-refractivity contribution in [1.29, 1.82) is 0 Å². The molecule has 2 N–H and O–H groups in total. The van der Waals surface area contributed by atoms with Crippen molar-refractivity contribution < 1.29 is 9.13 Å². The highest BCUT2D eigenvalue weighted by Gasteiger charge is 2.15. The van der Waals surface area contributed by atoms with Gasteiger partial charge in [0.25, 0.3) is 0 Å². The van der Waals surface area contributed by atoms with Gasteiger partial charge in [-0.05, 0) is 24.6 Å². The molecule has 0 amide bonds. The van der Waals surface area contributed by atoms with Gasteiger partial charge in [0.15, 0.2) is 5.82 Å². The number of aromatic nitrogens is 3. The van der Waals surface area contributed by atoms with Gasteiger partial charge in [-0.25, -0.2) is 4.39 Å². The Bertz CT molecular complexity index is 568. The monoisotopic (exact) mass is 264 g/mol. The average Bonchev–Trinajstić information content (AvgIpc) is 2.81. The van der Waals surface area contributed by atoms with Gasteiger partial charge in [-0.1, -0.05) is 6.07 Å². The van der Waals surface area contributed by atoms with E-state index in [4.69, 9.17) is 10.5 Å². The number of hydrogen-bond acceptors (Lipinski definition) is 4. The number of ether oxygens (including phenoxy) is 1. The fraction of sp³-hybridized carbons (Fsp3) is 0.385. The van der Waals surface area contributed by atoms with Gasteiger partial charge in [-0.15, -0.1) is 10.2 Å². The molecule has 0 saturated heterocycles. The molecule has 19 heavy (non-hydrogen) atoms. The van der Waals surface area contributed by atoms with Gasteiger partial charge in [0.2, 0.25) is 0 Å². The lowest BCUT2D eigenvalue weighted by Gasteiger charge is -2.10. The van der Waals surface area contributed by atoms with Crippen LogP contribution < -0.4 is 5.73 Å². The van der Waals surface area contributed by atoms with Crippen molar-refractivity contribution in [1.82, 2.24) is 14.8 Å². The number of benzene rings is 1. The summed E-state index contributed by atoms with van der Waals surface area (Å²) in [7, 11) is 1.62. The van der Waals surface area contributed by atoms with Crippen LogP contribution in [0.1, 0.15) is 11.4 Å². The highest BCUT2D eigenvalue weighted by atomic mass is 19.1. The lowest BCUT2D eigenvalue weighted by molar-refractivity contribution is 0.186. The third-order valence-electron chi connectivity index (χ3n) is 2.97. The number of aryl methyl sites for hydroxylation is 1. The maximum absolute atomic E-state index is 13.4. The predicted molar refractivity (Wildman–Crippen MR) is 69.9 cm³/mol. The molecule has 0 unspecified atom stereocenters. The lowest BCUT2D eigenvalue weighted by Crippen LogP contribution is -2.13. The van der Waals surface area contributed by atoms with Crippen LogP contribution in [0.25, 0.3) is 11.4 Å². The van der Waals surface area contributed by atoms with Crippen molar-refractivity contribution in [2.45, 2.75) is 20.0 Å². The smallest absolute Gasteiger partial charge is 0.164 e. The van der Waals surface area contributed by atoms with E-state index >= 15 is 0 Å². The second kappa shape index (κ2) is 5.90. The molecule has 0 aliphatic carbocycles. The largest absolute Gasteiger partial charge is 0.383 e. The van der Waals surface area contributed by atoms with Crippen molar-refractivity contribution in [3.05, 3.63) is 35.4 Å². The first kappa shape index (κ1) is 13.6. The summed E-state index contributed by atoms with van der Waals surface area (Å²) in [6.07, 6.45) is 0. The van der Waals surface area contributed by atoms with Crippen molar-refractivity contribution in [3.8, 4) is 11.4 Å². The van der Waals surface area contributed by atoms with Gasteiger partial charge < -0.3 is 15.0 Å². The highest BCUT2D eigenvalue weighted by Crippen LogP contribution is 2.23. The Kier molecular flexibility index (Phi) is 4.24. The van der Waals surface area contributed by atoms with Gasteiger partial charge in [-0.3, -0.25) is 0 Å². The average molecular weight is 264 g/mol. The number of hydrogen-bond donors (Lipinski definition) is 1. The van der Waals surface area contributed by atoms with Crippen LogP contribution in [0.2, 0.25) is 0 Å². The molecular weight excluding hydrogens is 247 g/mol. The van der Waals surface area contributed by atoms with Gasteiger partial charge in [0.1, 0.15) is 11.6 Å². The van der Waals surface area contributed by atoms with Crippen molar-refractivity contribution in [2.75, 3.05) is 13.7 Å². The number of rotatable bonds is 5. The number of methoxy groups -OCH3 is 1. The normalized spacial score (nSPS) is 10.9. The first-order valence-electron chi connectivity index (χ1n) is 6.05. The number of nitrogens with zero attached hydrogens (tertiary/aromatic N) is 3. The van der Waals surface area contributed by atoms with E-state index in [0.29, 0.717) is 24.8 Å². The molecular formula is C13H17FN4O. The Morgan fingerprint density at radius 1 is 1.37 bits per heavy atom.